The Morgan fingerprint density at radius 3 is 2.00 bits per heavy atom. The average molecular weight is 328 g/mol. The van der Waals surface area contributed by atoms with E-state index in [-0.39, 0.29) is 5.91 Å². The van der Waals surface area contributed by atoms with Gasteiger partial charge in [-0.1, -0.05) is 48.5 Å². The van der Waals surface area contributed by atoms with Crippen LogP contribution in [-0.4, -0.2) is 5.91 Å². The Hall–Kier alpha value is -3.58. The number of carbonyl (C=O) groups excluding carboxylic acids is 1. The third kappa shape index (κ3) is 4.24. The molecule has 0 radical (unpaired) electrons. The quantitative estimate of drug-likeness (QED) is 0.751. The van der Waals surface area contributed by atoms with E-state index in [0.29, 0.717) is 11.3 Å². The van der Waals surface area contributed by atoms with E-state index in [1.807, 2.05) is 60.7 Å². The number of amides is 1. The molecule has 0 aliphatic rings. The number of hydrogen-bond donors (Lipinski definition) is 1. The maximum Gasteiger partial charge on any atom is 0.252 e. The van der Waals surface area contributed by atoms with Crippen molar-refractivity contribution in [3.8, 4) is 17.6 Å². The molecule has 122 valence electrons. The predicted molar refractivity (Wildman–Crippen MR) is 95.2 cm³/mol. The normalized spacial score (nSPS) is 11.2. The number of nitrogens with one attached hydrogen (secondary N) is 1. The smallest absolute Gasteiger partial charge is 0.252 e. The van der Waals surface area contributed by atoms with Gasteiger partial charge in [-0.25, -0.2) is 0 Å². The maximum atomic E-state index is 12.4. The number of carbonyl (C=O) groups is 1. The first-order valence-corrected chi connectivity index (χ1v) is 7.84. The van der Waals surface area contributed by atoms with Gasteiger partial charge in [-0.05, 0) is 42.0 Å². The van der Waals surface area contributed by atoms with Crippen molar-refractivity contribution in [2.24, 2.45) is 0 Å². The summed E-state index contributed by atoms with van der Waals surface area (Å²) >= 11 is 0. The van der Waals surface area contributed by atoms with Crippen LogP contribution in [0.4, 0.5) is 0 Å². The Morgan fingerprint density at radius 1 is 0.840 bits per heavy atom. The Labute approximate surface area is 146 Å². The van der Waals surface area contributed by atoms with Crippen molar-refractivity contribution in [2.45, 2.75) is 6.04 Å². The fourth-order valence-electron chi connectivity index (χ4n) is 2.35. The molecule has 1 atom stereocenters. The SMILES string of the molecule is N#C[C@@H](NC(=O)c1ccc(Oc2ccccc2)cc1)c1ccccc1. The summed E-state index contributed by atoms with van der Waals surface area (Å²) in [6, 6.07) is 26.8. The van der Waals surface area contributed by atoms with E-state index in [1.54, 1.807) is 24.3 Å². The molecule has 4 heteroatoms. The lowest BCUT2D eigenvalue weighted by atomic mass is 10.1. The van der Waals surface area contributed by atoms with Crippen LogP contribution in [0.3, 0.4) is 0 Å². The van der Waals surface area contributed by atoms with Crippen LogP contribution in [0, 0.1) is 11.3 Å². The third-order valence-corrected chi connectivity index (χ3v) is 3.63. The minimum absolute atomic E-state index is 0.304. The Bertz CT molecular complexity index is 869. The van der Waals surface area contributed by atoms with Gasteiger partial charge in [0, 0.05) is 5.56 Å². The van der Waals surface area contributed by atoms with E-state index in [9.17, 15) is 10.1 Å². The summed E-state index contributed by atoms with van der Waals surface area (Å²) in [5.74, 6) is 1.07. The van der Waals surface area contributed by atoms with Crippen LogP contribution in [0.1, 0.15) is 22.0 Å². The second-order valence-corrected chi connectivity index (χ2v) is 5.39. The molecule has 25 heavy (non-hydrogen) atoms. The highest BCUT2D eigenvalue weighted by atomic mass is 16.5. The fourth-order valence-corrected chi connectivity index (χ4v) is 2.35. The third-order valence-electron chi connectivity index (χ3n) is 3.63. The van der Waals surface area contributed by atoms with E-state index in [1.165, 1.54) is 0 Å². The molecular formula is C21H16N2O2. The van der Waals surface area contributed by atoms with Crippen LogP contribution < -0.4 is 10.1 Å². The number of para-hydroxylation sites is 1. The molecule has 0 heterocycles. The van der Waals surface area contributed by atoms with Crippen LogP contribution in [0.5, 0.6) is 11.5 Å². The van der Waals surface area contributed by atoms with Gasteiger partial charge in [0.05, 0.1) is 6.07 Å². The molecular weight excluding hydrogens is 312 g/mol. The van der Waals surface area contributed by atoms with Crippen LogP contribution >= 0.6 is 0 Å². The van der Waals surface area contributed by atoms with Crippen molar-refractivity contribution in [2.75, 3.05) is 0 Å². The monoisotopic (exact) mass is 328 g/mol. The van der Waals surface area contributed by atoms with Crippen molar-refractivity contribution in [1.29, 1.82) is 5.26 Å². The number of benzene rings is 3. The van der Waals surface area contributed by atoms with Crippen molar-refractivity contribution in [3.63, 3.8) is 0 Å². The number of ether oxygens (including phenoxy) is 1. The number of nitrogens with zero attached hydrogens (tertiary/aromatic N) is 1. The van der Waals surface area contributed by atoms with E-state index >= 15 is 0 Å². The highest BCUT2D eigenvalue weighted by molar-refractivity contribution is 5.94. The topological polar surface area (TPSA) is 62.1 Å². The molecule has 1 amide bonds. The maximum absolute atomic E-state index is 12.4. The highest BCUT2D eigenvalue weighted by Crippen LogP contribution is 2.21. The molecule has 0 aromatic heterocycles. The molecule has 0 aliphatic heterocycles. The fraction of sp³-hybridized carbons (Fsp3) is 0.0476. The van der Waals surface area contributed by atoms with Crippen molar-refractivity contribution >= 4 is 5.91 Å². The van der Waals surface area contributed by atoms with Gasteiger partial charge in [-0.3, -0.25) is 4.79 Å². The first kappa shape index (κ1) is 16.3. The molecule has 3 aromatic carbocycles. The van der Waals surface area contributed by atoms with Gasteiger partial charge in [0.25, 0.3) is 5.91 Å². The van der Waals surface area contributed by atoms with Crippen molar-refractivity contribution in [3.05, 3.63) is 96.1 Å². The van der Waals surface area contributed by atoms with Gasteiger partial charge in [0.15, 0.2) is 0 Å². The summed E-state index contributed by atoms with van der Waals surface area (Å²) in [7, 11) is 0. The Kier molecular flexibility index (Phi) is 5.08. The molecule has 3 rings (SSSR count). The zero-order valence-corrected chi connectivity index (χ0v) is 13.4. The van der Waals surface area contributed by atoms with Gasteiger partial charge in [-0.2, -0.15) is 5.26 Å². The van der Waals surface area contributed by atoms with Gasteiger partial charge in [-0.15, -0.1) is 0 Å². The van der Waals surface area contributed by atoms with Gasteiger partial charge in [0.1, 0.15) is 17.5 Å². The van der Waals surface area contributed by atoms with Crippen molar-refractivity contribution < 1.29 is 9.53 Å². The van der Waals surface area contributed by atoms with E-state index in [2.05, 4.69) is 11.4 Å². The zero-order valence-electron chi connectivity index (χ0n) is 13.4. The number of rotatable bonds is 5. The van der Waals surface area contributed by atoms with Crippen molar-refractivity contribution in [1.82, 2.24) is 5.32 Å². The molecule has 3 aromatic rings. The molecule has 0 fully saturated rings. The van der Waals surface area contributed by atoms with Gasteiger partial charge in [0.2, 0.25) is 0 Å². The largest absolute Gasteiger partial charge is 0.457 e. The molecule has 0 aliphatic carbocycles. The lowest BCUT2D eigenvalue weighted by Gasteiger charge is -2.12. The first-order valence-electron chi connectivity index (χ1n) is 7.84. The molecule has 0 unspecified atom stereocenters. The van der Waals surface area contributed by atoms with Crippen LogP contribution in [0.15, 0.2) is 84.9 Å². The molecule has 0 saturated carbocycles. The molecule has 0 spiro atoms. The molecule has 0 saturated heterocycles. The van der Waals surface area contributed by atoms with Crippen LogP contribution in [0.2, 0.25) is 0 Å². The molecule has 4 nitrogen and oxygen atoms in total. The number of nitriles is 1. The lowest BCUT2D eigenvalue weighted by Crippen LogP contribution is -2.27. The minimum atomic E-state index is -0.686. The summed E-state index contributed by atoms with van der Waals surface area (Å²) in [6.07, 6.45) is 0. The second kappa shape index (κ2) is 7.80. The van der Waals surface area contributed by atoms with E-state index in [4.69, 9.17) is 4.74 Å². The first-order chi connectivity index (χ1) is 12.3. The van der Waals surface area contributed by atoms with Gasteiger partial charge >= 0.3 is 0 Å². The summed E-state index contributed by atoms with van der Waals surface area (Å²) in [5, 5.41) is 12.0. The van der Waals surface area contributed by atoms with Crippen LogP contribution in [0.25, 0.3) is 0 Å². The lowest BCUT2D eigenvalue weighted by molar-refractivity contribution is 0.0945. The standard InChI is InChI=1S/C21H16N2O2/c22-15-20(16-7-3-1-4-8-16)23-21(24)17-11-13-19(14-12-17)25-18-9-5-2-6-10-18/h1-14,20H,(H,23,24)/t20-/m1/s1. The Morgan fingerprint density at radius 2 is 1.40 bits per heavy atom. The van der Waals surface area contributed by atoms with E-state index < -0.39 is 6.04 Å². The molecule has 0 bridgehead atoms. The van der Waals surface area contributed by atoms with Crippen LogP contribution in [-0.2, 0) is 0 Å². The van der Waals surface area contributed by atoms with E-state index in [0.717, 1.165) is 11.3 Å². The summed E-state index contributed by atoms with van der Waals surface area (Å²) in [6.45, 7) is 0. The highest BCUT2D eigenvalue weighted by Gasteiger charge is 2.14. The summed E-state index contributed by atoms with van der Waals surface area (Å²) < 4.78 is 5.70. The predicted octanol–water partition coefficient (Wildman–Crippen LogP) is 4.47. The van der Waals surface area contributed by atoms with Gasteiger partial charge < -0.3 is 10.1 Å². The molecule has 1 N–H and O–H groups in total. The summed E-state index contributed by atoms with van der Waals surface area (Å²) in [5.41, 5.74) is 1.22. The number of hydrogen-bond acceptors (Lipinski definition) is 3. The second-order valence-electron chi connectivity index (χ2n) is 5.39. The summed E-state index contributed by atoms with van der Waals surface area (Å²) in [4.78, 5) is 12.4. The average Bonchev–Trinajstić information content (AvgIpc) is 2.68. The zero-order chi connectivity index (χ0) is 17.5. The minimum Gasteiger partial charge on any atom is -0.457 e. The Balaban J connectivity index is 1.67.